The quantitative estimate of drug-likeness (QED) is 0.598. The highest BCUT2D eigenvalue weighted by atomic mass is 16.4. The van der Waals surface area contributed by atoms with Gasteiger partial charge in [-0.25, -0.2) is 0 Å². The van der Waals surface area contributed by atoms with E-state index in [-0.39, 0.29) is 18.4 Å². The molecule has 2 N–H and O–H groups in total. The molecule has 0 radical (unpaired) electrons. The van der Waals surface area contributed by atoms with E-state index in [0.29, 0.717) is 13.0 Å². The molecule has 0 heterocycles. The topological polar surface area (TPSA) is 69.6 Å². The number of nitrogens with zero attached hydrogens (tertiary/aromatic N) is 1. The van der Waals surface area contributed by atoms with Gasteiger partial charge < -0.3 is 15.3 Å². The van der Waals surface area contributed by atoms with E-state index in [1.54, 1.807) is 0 Å². The summed E-state index contributed by atoms with van der Waals surface area (Å²) in [6, 6.07) is 0. The number of nitrogens with one attached hydrogen (secondary N) is 1. The maximum atomic E-state index is 11.7. The number of hydrogen-bond donors (Lipinski definition) is 2. The Kier molecular flexibility index (Phi) is 7.54. The summed E-state index contributed by atoms with van der Waals surface area (Å²) in [6.07, 6.45) is 1.14. The third-order valence-electron chi connectivity index (χ3n) is 2.08. The highest BCUT2D eigenvalue weighted by Crippen LogP contribution is 2.03. The number of amides is 1. The second-order valence-electron chi connectivity index (χ2n) is 4.27. The van der Waals surface area contributed by atoms with Gasteiger partial charge >= 0.3 is 5.97 Å². The fourth-order valence-electron chi connectivity index (χ4n) is 1.43. The van der Waals surface area contributed by atoms with Crippen LogP contribution in [0.1, 0.15) is 26.7 Å². The van der Waals surface area contributed by atoms with Gasteiger partial charge in [0.15, 0.2) is 0 Å². The minimum atomic E-state index is -0.956. The first kappa shape index (κ1) is 14.9. The van der Waals surface area contributed by atoms with Crippen LogP contribution >= 0.6 is 0 Å². The molecule has 0 aliphatic carbocycles. The van der Waals surface area contributed by atoms with Crippen LogP contribution in [0.5, 0.6) is 0 Å². The molecule has 0 rings (SSSR count). The molecule has 1 amide bonds. The average Bonchev–Trinajstić information content (AvgIpc) is 2.15. The van der Waals surface area contributed by atoms with Crippen molar-refractivity contribution in [3.63, 3.8) is 0 Å². The van der Waals surface area contributed by atoms with Gasteiger partial charge in [-0.3, -0.25) is 9.59 Å². The normalized spacial score (nSPS) is 10.5. The third kappa shape index (κ3) is 7.23. The first-order valence-corrected chi connectivity index (χ1v) is 5.61. The Balaban J connectivity index is 4.15. The summed E-state index contributed by atoms with van der Waals surface area (Å²) in [7, 11) is 1.83. The van der Waals surface area contributed by atoms with Crippen molar-refractivity contribution in [2.75, 3.05) is 26.7 Å². The average molecular weight is 230 g/mol. The lowest BCUT2D eigenvalue weighted by Gasteiger charge is -2.22. The molecular weight excluding hydrogens is 208 g/mol. The smallest absolute Gasteiger partial charge is 0.323 e. The van der Waals surface area contributed by atoms with Crippen molar-refractivity contribution >= 4 is 11.9 Å². The van der Waals surface area contributed by atoms with Crippen LogP contribution in [-0.4, -0.2) is 48.6 Å². The van der Waals surface area contributed by atoms with Crippen LogP contribution < -0.4 is 5.32 Å². The molecule has 5 heteroatoms. The molecule has 0 bridgehead atoms. The highest BCUT2D eigenvalue weighted by molar-refractivity contribution is 5.81. The van der Waals surface area contributed by atoms with Gasteiger partial charge in [-0.15, -0.1) is 0 Å². The summed E-state index contributed by atoms with van der Waals surface area (Å²) >= 11 is 0. The Morgan fingerprint density at radius 1 is 1.38 bits per heavy atom. The number of hydrogen-bond acceptors (Lipinski definition) is 3. The van der Waals surface area contributed by atoms with E-state index in [1.165, 1.54) is 4.90 Å². The maximum absolute atomic E-state index is 11.7. The van der Waals surface area contributed by atoms with Crippen LogP contribution in [0.15, 0.2) is 0 Å². The molecule has 16 heavy (non-hydrogen) atoms. The highest BCUT2D eigenvalue weighted by Gasteiger charge is 2.17. The van der Waals surface area contributed by atoms with Crippen molar-refractivity contribution in [1.29, 1.82) is 0 Å². The van der Waals surface area contributed by atoms with Crippen LogP contribution in [0, 0.1) is 5.92 Å². The van der Waals surface area contributed by atoms with Crippen molar-refractivity contribution in [3.8, 4) is 0 Å². The van der Waals surface area contributed by atoms with Gasteiger partial charge in [0, 0.05) is 13.0 Å². The first-order chi connectivity index (χ1) is 7.47. The Bertz CT molecular complexity index is 229. The van der Waals surface area contributed by atoms with Gasteiger partial charge in [-0.1, -0.05) is 13.8 Å². The van der Waals surface area contributed by atoms with Crippen LogP contribution in [-0.2, 0) is 9.59 Å². The summed E-state index contributed by atoms with van der Waals surface area (Å²) < 4.78 is 0. The zero-order chi connectivity index (χ0) is 12.6. The summed E-state index contributed by atoms with van der Waals surface area (Å²) in [5.74, 6) is -0.749. The first-order valence-electron chi connectivity index (χ1n) is 5.61. The molecule has 0 aromatic carbocycles. The number of aliphatic carboxylic acids is 1. The van der Waals surface area contributed by atoms with Crippen LogP contribution in [0.4, 0.5) is 0 Å². The molecule has 0 atom stereocenters. The molecule has 5 nitrogen and oxygen atoms in total. The SMILES string of the molecule is CNCCCC(=O)N(CC(=O)O)CC(C)C. The van der Waals surface area contributed by atoms with Gasteiger partial charge in [0.1, 0.15) is 6.54 Å². The van der Waals surface area contributed by atoms with Crippen molar-refractivity contribution < 1.29 is 14.7 Å². The van der Waals surface area contributed by atoms with E-state index in [0.717, 1.165) is 13.0 Å². The predicted molar refractivity (Wildman–Crippen MR) is 62.2 cm³/mol. The minimum absolute atomic E-state index is 0.0775. The van der Waals surface area contributed by atoms with Gasteiger partial charge in [-0.05, 0) is 25.9 Å². The molecule has 94 valence electrons. The molecule has 0 saturated carbocycles. The lowest BCUT2D eigenvalue weighted by atomic mass is 10.2. The molecule has 0 aromatic rings. The number of carboxylic acids is 1. The van der Waals surface area contributed by atoms with Crippen molar-refractivity contribution in [2.45, 2.75) is 26.7 Å². The van der Waals surface area contributed by atoms with Gasteiger partial charge in [-0.2, -0.15) is 0 Å². The maximum Gasteiger partial charge on any atom is 0.323 e. The van der Waals surface area contributed by atoms with Crippen molar-refractivity contribution in [3.05, 3.63) is 0 Å². The van der Waals surface area contributed by atoms with E-state index >= 15 is 0 Å². The molecular formula is C11H22N2O3. The lowest BCUT2D eigenvalue weighted by Crippen LogP contribution is -2.38. The largest absolute Gasteiger partial charge is 0.480 e. The van der Waals surface area contributed by atoms with Crippen LogP contribution in [0.2, 0.25) is 0 Å². The summed E-state index contributed by atoms with van der Waals surface area (Å²) in [5, 5.41) is 11.7. The number of rotatable bonds is 8. The third-order valence-corrected chi connectivity index (χ3v) is 2.08. The second kappa shape index (κ2) is 8.10. The van der Waals surface area contributed by atoms with Crippen LogP contribution in [0.3, 0.4) is 0 Å². The summed E-state index contributed by atoms with van der Waals surface area (Å²) in [5.41, 5.74) is 0. The zero-order valence-electron chi connectivity index (χ0n) is 10.3. The Hall–Kier alpha value is -1.10. The zero-order valence-corrected chi connectivity index (χ0v) is 10.3. The Morgan fingerprint density at radius 3 is 2.44 bits per heavy atom. The van der Waals surface area contributed by atoms with Gasteiger partial charge in [0.25, 0.3) is 0 Å². The molecule has 0 aromatic heterocycles. The number of carbonyl (C=O) groups is 2. The molecule has 0 spiro atoms. The van der Waals surface area contributed by atoms with E-state index in [2.05, 4.69) is 5.32 Å². The molecule has 0 aliphatic rings. The molecule has 0 unspecified atom stereocenters. The fraction of sp³-hybridized carbons (Fsp3) is 0.818. The summed E-state index contributed by atoms with van der Waals surface area (Å²) in [6.45, 7) is 5.01. The monoisotopic (exact) mass is 230 g/mol. The van der Waals surface area contributed by atoms with Gasteiger partial charge in [0.2, 0.25) is 5.91 Å². The Morgan fingerprint density at radius 2 is 2.00 bits per heavy atom. The Labute approximate surface area is 96.8 Å². The standard InChI is InChI=1S/C11H22N2O3/c1-9(2)7-13(8-11(15)16)10(14)5-4-6-12-3/h9,12H,4-8H2,1-3H3,(H,15,16). The van der Waals surface area contributed by atoms with E-state index in [9.17, 15) is 9.59 Å². The fourth-order valence-corrected chi connectivity index (χ4v) is 1.43. The molecule has 0 fully saturated rings. The molecule has 0 saturated heterocycles. The predicted octanol–water partition coefficient (Wildman–Crippen LogP) is 0.555. The molecule has 0 aliphatic heterocycles. The van der Waals surface area contributed by atoms with Crippen molar-refractivity contribution in [2.24, 2.45) is 5.92 Å². The van der Waals surface area contributed by atoms with E-state index in [1.807, 2.05) is 20.9 Å². The number of carboxylic acid groups (broad SMARTS) is 1. The lowest BCUT2D eigenvalue weighted by molar-refractivity contribution is -0.144. The van der Waals surface area contributed by atoms with Crippen LogP contribution in [0.25, 0.3) is 0 Å². The summed E-state index contributed by atoms with van der Waals surface area (Å²) in [4.78, 5) is 23.8. The second-order valence-corrected chi connectivity index (χ2v) is 4.27. The van der Waals surface area contributed by atoms with Crippen molar-refractivity contribution in [1.82, 2.24) is 10.2 Å². The van der Waals surface area contributed by atoms with E-state index < -0.39 is 5.97 Å². The van der Waals surface area contributed by atoms with E-state index in [4.69, 9.17) is 5.11 Å². The number of carbonyl (C=O) groups excluding carboxylic acids is 1. The van der Waals surface area contributed by atoms with Gasteiger partial charge in [0.05, 0.1) is 0 Å². The minimum Gasteiger partial charge on any atom is -0.480 e.